The number of hydrogen-bond acceptors (Lipinski definition) is 0. The number of benzene rings is 6. The van der Waals surface area contributed by atoms with Crippen molar-refractivity contribution in [3.05, 3.63) is 316 Å². The molecule has 6 aromatic carbocycles. The van der Waals surface area contributed by atoms with Crippen molar-refractivity contribution in [1.29, 1.82) is 0 Å². The summed E-state index contributed by atoms with van der Waals surface area (Å²) in [6.45, 7) is 33.3. The molecule has 6 heteroatoms. The summed E-state index contributed by atoms with van der Waals surface area (Å²) in [7, 11) is 12.1. The van der Waals surface area contributed by atoms with Gasteiger partial charge in [-0.05, 0) is 230 Å². The van der Waals surface area contributed by atoms with Crippen LogP contribution >= 0.6 is 0 Å². The van der Waals surface area contributed by atoms with Gasteiger partial charge >= 0.3 is 0 Å². The maximum Gasteiger partial charge on any atom is 0.215 e. The second-order valence-corrected chi connectivity index (χ2v) is 27.9. The fourth-order valence-electron chi connectivity index (χ4n) is 13.2. The lowest BCUT2D eigenvalue weighted by Gasteiger charge is -2.10. The summed E-state index contributed by atoms with van der Waals surface area (Å²) in [6.07, 6.45) is 0. The molecule has 6 heterocycles. The largest absolute Gasteiger partial charge is 0.215 e. The van der Waals surface area contributed by atoms with Crippen LogP contribution in [0.5, 0.6) is 0 Å². The SMILES string of the molecule is Cc1ccc(C)c(-c2ccc(C)c(C)[n+]2C)c1.Cc1cccc(C)c1-c1ccc(C)c(C)[n+]1C.Cc1ccccc1-c1c(C)cc(C)c(C)[n+]1C.[2H]C([2H])([2H])c1ccc(-c2c(C)cccc2C)[n+](C)c1C.[2H]C([2H])([2H])c1ccc(-c2cc(C)ccc2C)[n+](C)c1C.[2H]C([2H])([2H])c1ccc(-c2ccc(C([2H])([2H])[2H])c(C)[n+]2C)c(C)c1. The number of nitrogens with zero attached hydrogens (tertiary/aromatic N) is 6. The molecule has 0 radical (unpaired) electrons. The van der Waals surface area contributed by atoms with Gasteiger partial charge in [0.2, 0.25) is 34.2 Å². The number of hydrogen-bond donors (Lipinski definition) is 0. The van der Waals surface area contributed by atoms with Crippen molar-refractivity contribution in [2.75, 3.05) is 0 Å². The molecule has 0 aliphatic carbocycles. The van der Waals surface area contributed by atoms with Crippen molar-refractivity contribution in [3.8, 4) is 67.5 Å². The Morgan fingerprint density at radius 3 is 0.892 bits per heavy atom. The van der Waals surface area contributed by atoms with Crippen LogP contribution in [0.3, 0.4) is 0 Å². The van der Waals surface area contributed by atoms with Crippen LogP contribution in [0.4, 0.5) is 0 Å². The number of aryl methyl sites for hydroxylation is 18. The minimum absolute atomic E-state index is 0.303. The first-order valence-electron chi connectivity index (χ1n) is 41.3. The van der Waals surface area contributed by atoms with Crippen LogP contribution in [0.1, 0.15) is 151 Å². The Balaban J connectivity index is 0.000000190. The fourth-order valence-corrected chi connectivity index (χ4v) is 13.2. The first-order valence-corrected chi connectivity index (χ1v) is 35.3. The average molecular weight is 1370 g/mol. The lowest BCUT2D eigenvalue weighted by atomic mass is 9.98. The third kappa shape index (κ3) is 18.5. The van der Waals surface area contributed by atoms with Gasteiger partial charge in [-0.25, -0.2) is 0 Å². The van der Waals surface area contributed by atoms with E-state index in [2.05, 4.69) is 267 Å². The molecule has 0 fully saturated rings. The topological polar surface area (TPSA) is 23.3 Å². The van der Waals surface area contributed by atoms with E-state index < -0.39 is 27.4 Å². The zero-order chi connectivity index (χ0) is 85.5. The smallest absolute Gasteiger partial charge is 0.198 e. The highest BCUT2D eigenvalue weighted by Crippen LogP contribution is 2.30. The number of aromatic nitrogens is 6. The van der Waals surface area contributed by atoms with E-state index in [0.717, 1.165) is 45.2 Å². The highest BCUT2D eigenvalue weighted by Gasteiger charge is 2.23. The Hall–Kier alpha value is -9.78. The van der Waals surface area contributed by atoms with E-state index in [4.69, 9.17) is 16.4 Å². The molecule has 0 bridgehead atoms. The van der Waals surface area contributed by atoms with Crippen LogP contribution in [0.25, 0.3) is 67.5 Å². The van der Waals surface area contributed by atoms with Crippen molar-refractivity contribution in [2.45, 2.75) is 166 Å². The van der Waals surface area contributed by atoms with Gasteiger partial charge in [-0.1, -0.05) is 108 Å². The normalized spacial score (nSPS) is 12.9. The Morgan fingerprint density at radius 1 is 0.196 bits per heavy atom. The number of pyridine rings is 6. The van der Waals surface area contributed by atoms with Gasteiger partial charge in [-0.2, -0.15) is 27.4 Å². The summed E-state index contributed by atoms with van der Waals surface area (Å²) in [6, 6.07) is 61.0. The van der Waals surface area contributed by atoms with E-state index in [1.165, 1.54) is 129 Å². The lowest BCUT2D eigenvalue weighted by molar-refractivity contribution is -0.667. The fraction of sp³-hybridized carbons (Fsp3) is 0.312. The van der Waals surface area contributed by atoms with Gasteiger partial charge in [0, 0.05) is 150 Å². The molecule has 6 aromatic heterocycles. The third-order valence-electron chi connectivity index (χ3n) is 20.8. The Bertz CT molecular complexity index is 5480. The molecule has 0 saturated heterocycles. The summed E-state index contributed by atoms with van der Waals surface area (Å²) in [5, 5.41) is 0. The molecular weight excluding hydrogens is 1240 g/mol. The first-order chi connectivity index (χ1) is 52.9. The second kappa shape index (κ2) is 34.7. The van der Waals surface area contributed by atoms with Crippen molar-refractivity contribution < 1.29 is 43.9 Å². The molecule has 0 saturated carbocycles. The molecule has 12 rings (SSSR count). The summed E-state index contributed by atoms with van der Waals surface area (Å²) in [5.74, 6) is 0. The molecule has 0 aliphatic rings. The van der Waals surface area contributed by atoms with E-state index in [1.54, 1.807) is 49.4 Å². The van der Waals surface area contributed by atoms with Crippen LogP contribution in [0, 0.1) is 166 Å². The van der Waals surface area contributed by atoms with Crippen LogP contribution in [0.15, 0.2) is 182 Å². The van der Waals surface area contributed by atoms with Gasteiger partial charge in [0.05, 0.1) is 11.1 Å². The quantitative estimate of drug-likeness (QED) is 0.148. The Kier molecular flexibility index (Phi) is 21.5. The summed E-state index contributed by atoms with van der Waals surface area (Å²) in [4.78, 5) is 0. The summed E-state index contributed by atoms with van der Waals surface area (Å²) < 4.78 is 103. The van der Waals surface area contributed by atoms with Crippen LogP contribution in [0.2, 0.25) is 0 Å². The zero-order valence-corrected chi connectivity index (χ0v) is 66.0. The highest BCUT2D eigenvalue weighted by atomic mass is 15.0. The predicted molar refractivity (Wildman–Crippen MR) is 432 cm³/mol. The molecule has 528 valence electrons. The van der Waals surface area contributed by atoms with Crippen LogP contribution < -0.4 is 27.4 Å². The van der Waals surface area contributed by atoms with E-state index in [9.17, 15) is 0 Å². The maximum absolute atomic E-state index is 7.59. The van der Waals surface area contributed by atoms with E-state index in [1.807, 2.05) is 73.8 Å². The average Bonchev–Trinajstić information content (AvgIpc) is 0.791. The lowest BCUT2D eigenvalue weighted by Crippen LogP contribution is -2.36. The van der Waals surface area contributed by atoms with E-state index in [-0.39, 0.29) is 0 Å². The molecule has 102 heavy (non-hydrogen) atoms. The minimum Gasteiger partial charge on any atom is -0.198 e. The van der Waals surface area contributed by atoms with E-state index >= 15 is 0 Å². The van der Waals surface area contributed by atoms with Gasteiger partial charge in [-0.3, -0.25) is 0 Å². The van der Waals surface area contributed by atoms with Crippen LogP contribution in [-0.4, -0.2) is 0 Å². The minimum atomic E-state index is -2.15. The molecule has 12 aromatic rings. The molecule has 0 amide bonds. The van der Waals surface area contributed by atoms with Gasteiger partial charge in [0.1, 0.15) is 42.3 Å². The van der Waals surface area contributed by atoms with Crippen molar-refractivity contribution >= 4 is 0 Å². The van der Waals surface area contributed by atoms with Gasteiger partial charge in [0.15, 0.2) is 34.2 Å². The number of rotatable bonds is 6. The van der Waals surface area contributed by atoms with Crippen molar-refractivity contribution in [1.82, 2.24) is 0 Å². The molecule has 6 nitrogen and oxygen atoms in total. The standard InChI is InChI=1S/6C16H20N/c1-11-6-8-15(13(3)10-11)16-9-7-12(2)14(4)17(16)5;2*1-11-6-7-13(3)15(10-11)16-9-8-12(2)14(4)17(16)5;2*1-11-9-10-15(17(5)14(11)4)16-12(2)7-6-8-13(16)3;1-11-8-6-7-9-15(11)16-13(3)10-12(2)14(4)17(16)5/h6*6-10H,1-5H3/q6*+1/i1D3,2D3;2D3;;1D3;;. The predicted octanol–water partition coefficient (Wildman–Crippen LogP) is 20.5. The van der Waals surface area contributed by atoms with E-state index in [0.29, 0.717) is 27.9 Å². The van der Waals surface area contributed by atoms with Crippen molar-refractivity contribution in [3.63, 3.8) is 0 Å². The van der Waals surface area contributed by atoms with Crippen molar-refractivity contribution in [2.24, 2.45) is 42.3 Å². The van der Waals surface area contributed by atoms with Gasteiger partial charge in [0.25, 0.3) is 0 Å². The molecule has 0 unspecified atom stereocenters. The third-order valence-corrected chi connectivity index (χ3v) is 20.8. The first kappa shape index (κ1) is 63.2. The van der Waals surface area contributed by atoms with Gasteiger partial charge < -0.3 is 0 Å². The maximum atomic E-state index is 7.59. The van der Waals surface area contributed by atoms with Crippen LogP contribution in [-0.2, 0) is 42.3 Å². The molecule has 0 spiro atoms. The molecule has 0 atom stereocenters. The summed E-state index contributed by atoms with van der Waals surface area (Å²) >= 11 is 0. The monoisotopic (exact) mass is 1370 g/mol. The van der Waals surface area contributed by atoms with Gasteiger partial charge in [-0.15, -0.1) is 0 Å². The second-order valence-electron chi connectivity index (χ2n) is 27.9. The Morgan fingerprint density at radius 2 is 0.510 bits per heavy atom. The molecule has 0 aliphatic heterocycles. The molecular formula is C96H120N6+6. The Labute approximate surface area is 632 Å². The summed E-state index contributed by atoms with van der Waals surface area (Å²) in [5.41, 5.74) is 39.3. The highest BCUT2D eigenvalue weighted by molar-refractivity contribution is 5.68. The zero-order valence-electron chi connectivity index (χ0n) is 78.0. The molecule has 0 N–H and O–H groups in total.